The Balaban J connectivity index is 2.04. The Morgan fingerprint density at radius 2 is 2.22 bits per heavy atom. The van der Waals surface area contributed by atoms with Gasteiger partial charge in [0, 0.05) is 29.3 Å². The monoisotopic (exact) mass is 326 g/mol. The van der Waals surface area contributed by atoms with E-state index < -0.39 is 0 Å². The van der Waals surface area contributed by atoms with E-state index in [1.807, 2.05) is 30.1 Å². The fourth-order valence-electron chi connectivity index (χ4n) is 2.06. The molecular weight excluding hydrogens is 312 g/mol. The minimum absolute atomic E-state index is 0.485. The average molecular weight is 328 g/mol. The lowest BCUT2D eigenvalue weighted by atomic mass is 9.95. The minimum atomic E-state index is 0.485. The van der Waals surface area contributed by atoms with E-state index in [0.717, 1.165) is 23.2 Å². The van der Waals surface area contributed by atoms with Crippen LogP contribution in [0.4, 0.5) is 0 Å². The first kappa shape index (κ1) is 13.6. The largest absolute Gasteiger partial charge is 0.273 e. The first-order chi connectivity index (χ1) is 8.70. The smallest absolute Gasteiger partial charge is 0.0492 e. The van der Waals surface area contributed by atoms with Crippen molar-refractivity contribution < 1.29 is 0 Å². The van der Waals surface area contributed by atoms with Crippen LogP contribution in [0, 0.1) is 0 Å². The van der Waals surface area contributed by atoms with Gasteiger partial charge in [-0.05, 0) is 42.5 Å². The second kappa shape index (κ2) is 6.39. The summed E-state index contributed by atoms with van der Waals surface area (Å²) in [7, 11) is 1.98. The summed E-state index contributed by atoms with van der Waals surface area (Å²) < 4.78 is 1.93. The van der Waals surface area contributed by atoms with Crippen molar-refractivity contribution in [2.75, 3.05) is 5.33 Å². The molecule has 4 heteroatoms. The highest BCUT2D eigenvalue weighted by atomic mass is 79.9. The molecule has 0 radical (unpaired) electrons. The Bertz CT molecular complexity index is 510. The van der Waals surface area contributed by atoms with Crippen LogP contribution < -0.4 is 0 Å². The number of aromatic nitrogens is 2. The predicted octanol–water partition coefficient (Wildman–Crippen LogP) is 4.18. The van der Waals surface area contributed by atoms with Gasteiger partial charge in [-0.2, -0.15) is 5.10 Å². The van der Waals surface area contributed by atoms with E-state index in [0.29, 0.717) is 5.92 Å². The minimum Gasteiger partial charge on any atom is -0.273 e. The molecule has 2 nitrogen and oxygen atoms in total. The van der Waals surface area contributed by atoms with Crippen molar-refractivity contribution in [3.63, 3.8) is 0 Å². The van der Waals surface area contributed by atoms with E-state index >= 15 is 0 Å². The lowest BCUT2D eigenvalue weighted by molar-refractivity contribution is 0.637. The number of nitrogens with zero attached hydrogens (tertiary/aromatic N) is 2. The Morgan fingerprint density at radius 3 is 2.83 bits per heavy atom. The second-order valence-electron chi connectivity index (χ2n) is 4.39. The van der Waals surface area contributed by atoms with Gasteiger partial charge in [0.1, 0.15) is 0 Å². The maximum atomic E-state index is 6.04. The topological polar surface area (TPSA) is 17.8 Å². The lowest BCUT2D eigenvalue weighted by Gasteiger charge is -2.14. The molecule has 0 saturated heterocycles. The Labute approximate surface area is 121 Å². The van der Waals surface area contributed by atoms with Crippen molar-refractivity contribution >= 4 is 27.5 Å². The average Bonchev–Trinajstić information content (AvgIpc) is 2.76. The summed E-state index contributed by atoms with van der Waals surface area (Å²) in [6, 6.07) is 10.2. The molecule has 1 unspecified atom stereocenters. The van der Waals surface area contributed by atoms with Crippen LogP contribution in [0.3, 0.4) is 0 Å². The third kappa shape index (κ3) is 3.36. The molecule has 1 aromatic carbocycles. The van der Waals surface area contributed by atoms with Gasteiger partial charge in [-0.3, -0.25) is 4.68 Å². The molecule has 0 aliphatic rings. The highest BCUT2D eigenvalue weighted by Crippen LogP contribution is 2.25. The van der Waals surface area contributed by atoms with E-state index in [1.165, 1.54) is 11.3 Å². The van der Waals surface area contributed by atoms with Crippen LogP contribution in [0.2, 0.25) is 5.02 Å². The van der Waals surface area contributed by atoms with Gasteiger partial charge in [-0.1, -0.05) is 39.7 Å². The molecular formula is C14H16BrClN2. The number of hydrogen-bond acceptors (Lipinski definition) is 1. The van der Waals surface area contributed by atoms with Gasteiger partial charge in [0.15, 0.2) is 0 Å². The first-order valence-electron chi connectivity index (χ1n) is 5.99. The molecule has 0 aliphatic heterocycles. The standard InChI is InChI=1S/C14H16BrClN2/c1-18-14(7-8-17-18)6-5-12(10-15)11-3-2-4-13(16)9-11/h2-4,7-9,12H,5-6,10H2,1H3. The number of aryl methyl sites for hydroxylation is 2. The van der Waals surface area contributed by atoms with Gasteiger partial charge in [0.25, 0.3) is 0 Å². The molecule has 18 heavy (non-hydrogen) atoms. The van der Waals surface area contributed by atoms with E-state index in [1.54, 1.807) is 0 Å². The van der Waals surface area contributed by atoms with Crippen LogP contribution >= 0.6 is 27.5 Å². The zero-order valence-corrected chi connectivity index (χ0v) is 12.7. The molecule has 2 rings (SSSR count). The molecule has 0 saturated carbocycles. The summed E-state index contributed by atoms with van der Waals surface area (Å²) in [5, 5.41) is 5.95. The highest BCUT2D eigenvalue weighted by molar-refractivity contribution is 9.09. The molecule has 1 heterocycles. The van der Waals surface area contributed by atoms with Gasteiger partial charge in [-0.25, -0.2) is 0 Å². The Morgan fingerprint density at radius 1 is 1.39 bits per heavy atom. The first-order valence-corrected chi connectivity index (χ1v) is 7.49. The maximum Gasteiger partial charge on any atom is 0.0492 e. The quantitative estimate of drug-likeness (QED) is 0.753. The van der Waals surface area contributed by atoms with E-state index in [9.17, 15) is 0 Å². The molecule has 1 aromatic heterocycles. The van der Waals surface area contributed by atoms with Crippen molar-refractivity contribution in [3.05, 3.63) is 52.8 Å². The molecule has 1 atom stereocenters. The van der Waals surface area contributed by atoms with Crippen molar-refractivity contribution in [1.82, 2.24) is 9.78 Å². The molecule has 0 bridgehead atoms. The molecule has 0 fully saturated rings. The number of benzene rings is 1. The SMILES string of the molecule is Cn1nccc1CCC(CBr)c1cccc(Cl)c1. The van der Waals surface area contributed by atoms with Crippen LogP contribution in [-0.2, 0) is 13.5 Å². The summed E-state index contributed by atoms with van der Waals surface area (Å²) in [6.45, 7) is 0. The van der Waals surface area contributed by atoms with Gasteiger partial charge in [0.05, 0.1) is 0 Å². The number of alkyl halides is 1. The normalized spacial score (nSPS) is 12.6. The van der Waals surface area contributed by atoms with Crippen molar-refractivity contribution in [3.8, 4) is 0 Å². The van der Waals surface area contributed by atoms with Gasteiger partial charge in [0.2, 0.25) is 0 Å². The van der Waals surface area contributed by atoms with Crippen LogP contribution in [0.15, 0.2) is 36.5 Å². The van der Waals surface area contributed by atoms with E-state index in [2.05, 4.69) is 39.2 Å². The molecule has 0 aliphatic carbocycles. The highest BCUT2D eigenvalue weighted by Gasteiger charge is 2.11. The second-order valence-corrected chi connectivity index (χ2v) is 5.47. The van der Waals surface area contributed by atoms with E-state index in [-0.39, 0.29) is 0 Å². The third-order valence-electron chi connectivity index (χ3n) is 3.18. The zero-order valence-electron chi connectivity index (χ0n) is 10.3. The van der Waals surface area contributed by atoms with Gasteiger partial charge < -0.3 is 0 Å². The molecule has 96 valence electrons. The van der Waals surface area contributed by atoms with Gasteiger partial charge in [-0.15, -0.1) is 0 Å². The molecule has 2 aromatic rings. The van der Waals surface area contributed by atoms with Crippen molar-refractivity contribution in [1.29, 1.82) is 0 Å². The molecule has 0 N–H and O–H groups in total. The summed E-state index contributed by atoms with van der Waals surface area (Å²) in [4.78, 5) is 0. The summed E-state index contributed by atoms with van der Waals surface area (Å²) in [6.07, 6.45) is 3.96. The lowest BCUT2D eigenvalue weighted by Crippen LogP contribution is -2.05. The molecule has 0 spiro atoms. The third-order valence-corrected chi connectivity index (χ3v) is 4.19. The number of rotatable bonds is 5. The van der Waals surface area contributed by atoms with E-state index in [4.69, 9.17) is 11.6 Å². The molecule has 0 amide bonds. The Hall–Kier alpha value is -0.800. The summed E-state index contributed by atoms with van der Waals surface area (Å²) in [5.74, 6) is 0.485. The predicted molar refractivity (Wildman–Crippen MR) is 79.5 cm³/mol. The zero-order chi connectivity index (χ0) is 13.0. The maximum absolute atomic E-state index is 6.04. The van der Waals surface area contributed by atoms with Crippen LogP contribution in [0.25, 0.3) is 0 Å². The Kier molecular flexibility index (Phi) is 4.84. The number of halogens is 2. The fraction of sp³-hybridized carbons (Fsp3) is 0.357. The fourth-order valence-corrected chi connectivity index (χ4v) is 2.96. The summed E-state index contributed by atoms with van der Waals surface area (Å²) in [5.41, 5.74) is 2.56. The van der Waals surface area contributed by atoms with Crippen molar-refractivity contribution in [2.24, 2.45) is 7.05 Å². The van der Waals surface area contributed by atoms with Gasteiger partial charge >= 0.3 is 0 Å². The summed E-state index contributed by atoms with van der Waals surface area (Å²) >= 11 is 9.64. The van der Waals surface area contributed by atoms with Crippen molar-refractivity contribution in [2.45, 2.75) is 18.8 Å². The number of hydrogen-bond donors (Lipinski definition) is 0. The van der Waals surface area contributed by atoms with Crippen LogP contribution in [-0.4, -0.2) is 15.1 Å². The van der Waals surface area contributed by atoms with Crippen LogP contribution in [0.1, 0.15) is 23.6 Å². The van der Waals surface area contributed by atoms with Crippen LogP contribution in [0.5, 0.6) is 0 Å².